The minimum atomic E-state index is -0.557. The molecule has 2 amide bonds. The Morgan fingerprint density at radius 2 is 1.92 bits per heavy atom. The van der Waals surface area contributed by atoms with Gasteiger partial charge in [0.05, 0.1) is 6.61 Å². The average Bonchev–Trinajstić information content (AvgIpc) is 2.62. The maximum atomic E-state index is 12.7. The predicted octanol–water partition coefficient (Wildman–Crippen LogP) is 1.48. The molecular weight excluding hydrogens is 320 g/mol. The van der Waals surface area contributed by atoms with Crippen LogP contribution < -0.4 is 5.73 Å². The number of ether oxygens (including phenoxy) is 2. The summed E-state index contributed by atoms with van der Waals surface area (Å²) in [7, 11) is 0. The van der Waals surface area contributed by atoms with E-state index in [4.69, 9.17) is 15.2 Å². The second-order valence-corrected chi connectivity index (χ2v) is 6.95. The zero-order chi connectivity index (χ0) is 17.7. The van der Waals surface area contributed by atoms with Crippen molar-refractivity contribution in [3.63, 3.8) is 0 Å². The minimum Gasteiger partial charge on any atom is -0.381 e. The monoisotopic (exact) mass is 346 g/mol. The molecule has 6 nitrogen and oxygen atoms in total. The third-order valence-corrected chi connectivity index (χ3v) is 5.38. The van der Waals surface area contributed by atoms with Gasteiger partial charge in [0.15, 0.2) is 0 Å². The molecule has 0 saturated carbocycles. The maximum absolute atomic E-state index is 12.7. The Morgan fingerprint density at radius 3 is 2.60 bits per heavy atom. The van der Waals surface area contributed by atoms with Gasteiger partial charge in [-0.15, -0.1) is 0 Å². The zero-order valence-corrected chi connectivity index (χ0v) is 14.5. The number of carbonyl (C=O) groups is 2. The Kier molecular flexibility index (Phi) is 5.71. The first kappa shape index (κ1) is 17.9. The van der Waals surface area contributed by atoms with Crippen molar-refractivity contribution in [2.45, 2.75) is 38.3 Å². The summed E-state index contributed by atoms with van der Waals surface area (Å²) in [5.74, 6) is -0.580. The molecule has 1 aromatic rings. The SMILES string of the molecule is NC(=O)C1N(C(=O)COCc2ccccc2)CCCC12CCOCC2. The highest BCUT2D eigenvalue weighted by molar-refractivity contribution is 5.88. The summed E-state index contributed by atoms with van der Waals surface area (Å²) in [6.45, 7) is 2.14. The molecule has 136 valence electrons. The van der Waals surface area contributed by atoms with Gasteiger partial charge in [-0.25, -0.2) is 0 Å². The summed E-state index contributed by atoms with van der Waals surface area (Å²) in [5.41, 5.74) is 6.48. The number of benzene rings is 1. The molecular formula is C19H26N2O4. The highest BCUT2D eigenvalue weighted by Gasteiger charge is 2.49. The molecule has 6 heteroatoms. The van der Waals surface area contributed by atoms with E-state index in [2.05, 4.69) is 0 Å². The number of hydrogen-bond donors (Lipinski definition) is 1. The first-order valence-electron chi connectivity index (χ1n) is 8.91. The van der Waals surface area contributed by atoms with Crippen LogP contribution in [-0.4, -0.2) is 49.1 Å². The van der Waals surface area contributed by atoms with Gasteiger partial charge in [-0.3, -0.25) is 9.59 Å². The van der Waals surface area contributed by atoms with Gasteiger partial charge >= 0.3 is 0 Å². The lowest BCUT2D eigenvalue weighted by atomic mass is 9.67. The van der Waals surface area contributed by atoms with E-state index in [1.54, 1.807) is 4.90 Å². The van der Waals surface area contributed by atoms with Crippen molar-refractivity contribution in [3.8, 4) is 0 Å². The molecule has 2 saturated heterocycles. The van der Waals surface area contributed by atoms with Crippen LogP contribution in [0.3, 0.4) is 0 Å². The lowest BCUT2D eigenvalue weighted by molar-refractivity contribution is -0.156. The van der Waals surface area contributed by atoms with Gasteiger partial charge in [-0.1, -0.05) is 30.3 Å². The molecule has 0 radical (unpaired) electrons. The van der Waals surface area contributed by atoms with Crippen LogP contribution in [0.1, 0.15) is 31.2 Å². The molecule has 0 bridgehead atoms. The summed E-state index contributed by atoms with van der Waals surface area (Å²) >= 11 is 0. The van der Waals surface area contributed by atoms with E-state index in [1.165, 1.54) is 0 Å². The average molecular weight is 346 g/mol. The molecule has 0 aliphatic carbocycles. The molecule has 2 heterocycles. The number of likely N-dealkylation sites (tertiary alicyclic amines) is 1. The second kappa shape index (κ2) is 7.97. The standard InChI is InChI=1S/C19H26N2O4/c20-18(23)17-19(8-11-24-12-9-19)7-4-10-21(17)16(22)14-25-13-15-5-2-1-3-6-15/h1-3,5-6,17H,4,7-14H2,(H2,20,23). The van der Waals surface area contributed by atoms with E-state index in [0.29, 0.717) is 26.4 Å². The molecule has 2 aliphatic heterocycles. The van der Waals surface area contributed by atoms with Crippen LogP contribution in [0.5, 0.6) is 0 Å². The van der Waals surface area contributed by atoms with Crippen LogP contribution in [0.25, 0.3) is 0 Å². The Labute approximate surface area is 148 Å². The first-order valence-corrected chi connectivity index (χ1v) is 8.91. The van der Waals surface area contributed by atoms with Crippen LogP contribution in [0.2, 0.25) is 0 Å². The van der Waals surface area contributed by atoms with E-state index in [-0.39, 0.29) is 17.9 Å². The molecule has 0 aromatic heterocycles. The summed E-state index contributed by atoms with van der Waals surface area (Å²) in [6.07, 6.45) is 3.34. The number of primary amides is 1. The van der Waals surface area contributed by atoms with Crippen molar-refractivity contribution in [3.05, 3.63) is 35.9 Å². The van der Waals surface area contributed by atoms with E-state index in [1.807, 2.05) is 30.3 Å². The number of amides is 2. The van der Waals surface area contributed by atoms with E-state index < -0.39 is 11.9 Å². The molecule has 25 heavy (non-hydrogen) atoms. The molecule has 3 rings (SSSR count). The Hall–Kier alpha value is -1.92. The van der Waals surface area contributed by atoms with Crippen molar-refractivity contribution < 1.29 is 19.1 Å². The second-order valence-electron chi connectivity index (χ2n) is 6.95. The van der Waals surface area contributed by atoms with Gasteiger partial charge in [0.25, 0.3) is 0 Å². The minimum absolute atomic E-state index is 0.0365. The number of nitrogens with two attached hydrogens (primary N) is 1. The highest BCUT2D eigenvalue weighted by Crippen LogP contribution is 2.44. The number of hydrogen-bond acceptors (Lipinski definition) is 4. The van der Waals surface area contributed by atoms with Crippen molar-refractivity contribution in [2.24, 2.45) is 11.1 Å². The number of piperidine rings is 1. The molecule has 1 atom stereocenters. The predicted molar refractivity (Wildman–Crippen MR) is 92.5 cm³/mol. The third kappa shape index (κ3) is 4.02. The van der Waals surface area contributed by atoms with E-state index in [9.17, 15) is 9.59 Å². The number of nitrogens with zero attached hydrogens (tertiary/aromatic N) is 1. The van der Waals surface area contributed by atoms with Gasteiger partial charge < -0.3 is 20.1 Å². The maximum Gasteiger partial charge on any atom is 0.249 e. The van der Waals surface area contributed by atoms with E-state index in [0.717, 1.165) is 31.2 Å². The van der Waals surface area contributed by atoms with Gasteiger partial charge in [0.2, 0.25) is 11.8 Å². The van der Waals surface area contributed by atoms with Gasteiger partial charge in [-0.2, -0.15) is 0 Å². The quantitative estimate of drug-likeness (QED) is 0.875. The number of rotatable bonds is 5. The Bertz CT molecular complexity index is 593. The summed E-state index contributed by atoms with van der Waals surface area (Å²) in [5, 5.41) is 0. The van der Waals surface area contributed by atoms with Crippen molar-refractivity contribution in [1.29, 1.82) is 0 Å². The van der Waals surface area contributed by atoms with Crippen molar-refractivity contribution in [1.82, 2.24) is 4.90 Å². The highest BCUT2D eigenvalue weighted by atomic mass is 16.5. The lowest BCUT2D eigenvalue weighted by Gasteiger charge is -2.50. The largest absolute Gasteiger partial charge is 0.381 e. The van der Waals surface area contributed by atoms with Crippen molar-refractivity contribution >= 4 is 11.8 Å². The molecule has 2 aliphatic rings. The summed E-state index contributed by atoms with van der Waals surface area (Å²) in [6, 6.07) is 9.15. The van der Waals surface area contributed by atoms with Gasteiger partial charge in [-0.05, 0) is 31.2 Å². The lowest BCUT2D eigenvalue weighted by Crippen LogP contribution is -2.62. The van der Waals surface area contributed by atoms with Crippen LogP contribution in [-0.2, 0) is 25.7 Å². The third-order valence-electron chi connectivity index (χ3n) is 5.38. The smallest absolute Gasteiger partial charge is 0.249 e. The molecule has 2 fully saturated rings. The fraction of sp³-hybridized carbons (Fsp3) is 0.579. The Morgan fingerprint density at radius 1 is 1.20 bits per heavy atom. The normalized spacial score (nSPS) is 22.7. The molecule has 1 aromatic carbocycles. The Balaban J connectivity index is 1.64. The zero-order valence-electron chi connectivity index (χ0n) is 14.5. The van der Waals surface area contributed by atoms with Gasteiger partial charge in [0, 0.05) is 25.2 Å². The van der Waals surface area contributed by atoms with Crippen LogP contribution in [0.15, 0.2) is 30.3 Å². The molecule has 1 unspecified atom stereocenters. The van der Waals surface area contributed by atoms with Crippen LogP contribution in [0.4, 0.5) is 0 Å². The fourth-order valence-electron chi connectivity index (χ4n) is 4.14. The van der Waals surface area contributed by atoms with E-state index >= 15 is 0 Å². The van der Waals surface area contributed by atoms with Crippen molar-refractivity contribution in [2.75, 3.05) is 26.4 Å². The topological polar surface area (TPSA) is 81.9 Å². The number of carbonyl (C=O) groups excluding carboxylic acids is 2. The molecule has 2 N–H and O–H groups in total. The molecule has 1 spiro atoms. The van der Waals surface area contributed by atoms with Crippen LogP contribution >= 0.6 is 0 Å². The summed E-state index contributed by atoms with van der Waals surface area (Å²) in [4.78, 5) is 26.5. The summed E-state index contributed by atoms with van der Waals surface area (Å²) < 4.78 is 11.0. The van der Waals surface area contributed by atoms with Gasteiger partial charge in [0.1, 0.15) is 12.6 Å². The fourth-order valence-corrected chi connectivity index (χ4v) is 4.14. The van der Waals surface area contributed by atoms with Crippen LogP contribution in [0, 0.1) is 5.41 Å². The first-order chi connectivity index (χ1) is 12.1.